The van der Waals surface area contributed by atoms with E-state index in [2.05, 4.69) is 43.5 Å². The molecule has 0 aromatic carbocycles. The van der Waals surface area contributed by atoms with Crippen LogP contribution in [0.25, 0.3) is 0 Å². The molecular weight excluding hydrogens is 743 g/mol. The van der Waals surface area contributed by atoms with E-state index in [-0.39, 0.29) is 12.5 Å². The van der Waals surface area contributed by atoms with Crippen molar-refractivity contribution in [1.29, 1.82) is 0 Å². The summed E-state index contributed by atoms with van der Waals surface area (Å²) >= 11 is 0. The van der Waals surface area contributed by atoms with Crippen LogP contribution < -0.4 is 5.32 Å². The molecule has 7 unspecified atom stereocenters. The van der Waals surface area contributed by atoms with Gasteiger partial charge in [0, 0.05) is 6.42 Å². The molecule has 0 radical (unpaired) electrons. The average molecular weight is 836 g/mol. The van der Waals surface area contributed by atoms with Gasteiger partial charge in [0.05, 0.1) is 25.4 Å². The van der Waals surface area contributed by atoms with Gasteiger partial charge in [0.1, 0.15) is 24.4 Å². The molecule has 59 heavy (non-hydrogen) atoms. The summed E-state index contributed by atoms with van der Waals surface area (Å²) in [7, 11) is 0. The zero-order valence-electron chi connectivity index (χ0n) is 38.0. The number of unbranched alkanes of at least 4 members (excludes halogenated alkanes) is 27. The SMILES string of the molecule is CCCCCCCCCCCCCCCCC/C=C/CC/C=C/CC/C=C/C(O)C(COC1OC(CO)C(O)C(O)C1O)NC(=O)CCCCCCCCCCCCC. The van der Waals surface area contributed by atoms with Crippen molar-refractivity contribution in [3.8, 4) is 0 Å². The Kier molecular flexibility index (Phi) is 38.0. The van der Waals surface area contributed by atoms with E-state index in [0.717, 1.165) is 44.9 Å². The lowest BCUT2D eigenvalue weighted by molar-refractivity contribution is -0.302. The highest BCUT2D eigenvalue weighted by atomic mass is 16.7. The maximum absolute atomic E-state index is 12.9. The van der Waals surface area contributed by atoms with Gasteiger partial charge in [0.2, 0.25) is 5.91 Å². The number of hydrogen-bond donors (Lipinski definition) is 6. The summed E-state index contributed by atoms with van der Waals surface area (Å²) in [5.74, 6) is -0.192. The fourth-order valence-electron chi connectivity index (χ4n) is 7.72. The number of allylic oxidation sites excluding steroid dienone is 5. The summed E-state index contributed by atoms with van der Waals surface area (Å²) in [4.78, 5) is 12.9. The summed E-state index contributed by atoms with van der Waals surface area (Å²) in [6, 6.07) is -0.824. The molecule has 9 nitrogen and oxygen atoms in total. The summed E-state index contributed by atoms with van der Waals surface area (Å²) in [5.41, 5.74) is 0. The second-order valence-corrected chi connectivity index (χ2v) is 17.2. The molecule has 1 heterocycles. The van der Waals surface area contributed by atoms with E-state index in [1.54, 1.807) is 6.08 Å². The number of aliphatic hydroxyl groups is 5. The van der Waals surface area contributed by atoms with Gasteiger partial charge in [-0.05, 0) is 44.9 Å². The first-order valence-electron chi connectivity index (χ1n) is 24.7. The van der Waals surface area contributed by atoms with E-state index in [1.165, 1.54) is 154 Å². The predicted octanol–water partition coefficient (Wildman–Crippen LogP) is 10.8. The number of carbonyl (C=O) groups is 1. The van der Waals surface area contributed by atoms with Crippen molar-refractivity contribution in [3.63, 3.8) is 0 Å². The monoisotopic (exact) mass is 836 g/mol. The Bertz CT molecular complexity index is 1020. The number of rotatable bonds is 41. The molecule has 0 spiro atoms. The standard InChI is InChI=1S/C50H93NO8/c1-3-5-7-9-11-13-15-16-17-18-19-20-21-22-23-24-25-26-27-28-30-31-33-35-37-39-44(53)43(42-58-50-49(57)48(56)47(55)45(41-52)59-50)51-46(54)40-38-36-34-32-29-14-12-10-8-6-4-2/h25-26,30-31,37,39,43-45,47-50,52-53,55-57H,3-24,27-29,32-36,38,40-42H2,1-2H3,(H,51,54)/b26-25+,31-30+,39-37+. The number of carbonyl (C=O) groups excluding carboxylic acids is 1. The fourth-order valence-corrected chi connectivity index (χ4v) is 7.72. The Morgan fingerprint density at radius 2 is 0.966 bits per heavy atom. The van der Waals surface area contributed by atoms with Gasteiger partial charge in [-0.1, -0.05) is 204 Å². The number of nitrogens with one attached hydrogen (secondary N) is 1. The average Bonchev–Trinajstić information content (AvgIpc) is 3.23. The van der Waals surface area contributed by atoms with E-state index in [9.17, 15) is 30.3 Å². The van der Waals surface area contributed by atoms with Crippen molar-refractivity contribution >= 4 is 5.91 Å². The van der Waals surface area contributed by atoms with Gasteiger partial charge in [0.15, 0.2) is 6.29 Å². The molecule has 9 heteroatoms. The maximum Gasteiger partial charge on any atom is 0.220 e. The molecule has 0 saturated carbocycles. The Hall–Kier alpha value is -1.59. The molecule has 6 N–H and O–H groups in total. The summed E-state index contributed by atoms with van der Waals surface area (Å²) in [6.45, 7) is 3.75. The second-order valence-electron chi connectivity index (χ2n) is 17.2. The van der Waals surface area contributed by atoms with Gasteiger partial charge in [0.25, 0.3) is 0 Å². The van der Waals surface area contributed by atoms with Crippen LogP contribution in [0.15, 0.2) is 36.5 Å². The Balaban J connectivity index is 2.30. The molecule has 0 aromatic rings. The first-order chi connectivity index (χ1) is 28.8. The number of hydrogen-bond acceptors (Lipinski definition) is 8. The van der Waals surface area contributed by atoms with Crippen molar-refractivity contribution in [1.82, 2.24) is 5.32 Å². The van der Waals surface area contributed by atoms with Crippen LogP contribution in [0.5, 0.6) is 0 Å². The molecule has 0 aromatic heterocycles. The van der Waals surface area contributed by atoms with E-state index in [1.807, 2.05) is 6.08 Å². The van der Waals surface area contributed by atoms with Gasteiger partial charge in [-0.3, -0.25) is 4.79 Å². The van der Waals surface area contributed by atoms with Crippen LogP contribution in [0.1, 0.15) is 219 Å². The highest BCUT2D eigenvalue weighted by Crippen LogP contribution is 2.23. The number of ether oxygens (including phenoxy) is 2. The van der Waals surface area contributed by atoms with E-state index >= 15 is 0 Å². The largest absolute Gasteiger partial charge is 0.394 e. The van der Waals surface area contributed by atoms with E-state index in [0.29, 0.717) is 6.42 Å². The first-order valence-corrected chi connectivity index (χ1v) is 24.7. The minimum Gasteiger partial charge on any atom is -0.394 e. The topological polar surface area (TPSA) is 149 Å². The molecule has 1 fully saturated rings. The normalized spacial score (nSPS) is 21.0. The zero-order chi connectivity index (χ0) is 43.0. The van der Waals surface area contributed by atoms with E-state index in [4.69, 9.17) is 9.47 Å². The van der Waals surface area contributed by atoms with Crippen LogP contribution in [0.4, 0.5) is 0 Å². The molecule has 1 aliphatic heterocycles. The lowest BCUT2D eigenvalue weighted by Crippen LogP contribution is -2.60. The molecular formula is C50H93NO8. The molecule has 0 bridgehead atoms. The lowest BCUT2D eigenvalue weighted by Gasteiger charge is -2.40. The number of aliphatic hydroxyl groups excluding tert-OH is 5. The van der Waals surface area contributed by atoms with Crippen molar-refractivity contribution in [3.05, 3.63) is 36.5 Å². The molecule has 1 amide bonds. The van der Waals surface area contributed by atoms with Gasteiger partial charge in [-0.25, -0.2) is 0 Å². The lowest BCUT2D eigenvalue weighted by atomic mass is 9.99. The first kappa shape index (κ1) is 55.4. The summed E-state index contributed by atoms with van der Waals surface area (Å²) < 4.78 is 11.2. The summed E-state index contributed by atoms with van der Waals surface area (Å²) in [5, 5.41) is 54.2. The van der Waals surface area contributed by atoms with Crippen molar-refractivity contribution < 1.29 is 39.8 Å². The Labute approximate surface area is 361 Å². The highest BCUT2D eigenvalue weighted by Gasteiger charge is 2.44. The van der Waals surface area contributed by atoms with Crippen LogP contribution in [0, 0.1) is 0 Å². The molecule has 346 valence electrons. The molecule has 1 saturated heterocycles. The van der Waals surface area contributed by atoms with E-state index < -0.39 is 49.5 Å². The third-order valence-corrected chi connectivity index (χ3v) is 11.7. The van der Waals surface area contributed by atoms with Gasteiger partial charge < -0.3 is 40.3 Å². The molecule has 1 rings (SSSR count). The van der Waals surface area contributed by atoms with Crippen LogP contribution in [0.2, 0.25) is 0 Å². The summed E-state index contributed by atoms with van der Waals surface area (Å²) in [6.07, 6.45) is 43.5. The zero-order valence-corrected chi connectivity index (χ0v) is 38.0. The molecule has 1 aliphatic rings. The second kappa shape index (κ2) is 40.5. The predicted molar refractivity (Wildman–Crippen MR) is 244 cm³/mol. The van der Waals surface area contributed by atoms with Crippen molar-refractivity contribution in [2.24, 2.45) is 0 Å². The van der Waals surface area contributed by atoms with Gasteiger partial charge >= 0.3 is 0 Å². The Morgan fingerprint density at radius 1 is 0.559 bits per heavy atom. The van der Waals surface area contributed by atoms with Crippen LogP contribution in [-0.2, 0) is 14.3 Å². The van der Waals surface area contributed by atoms with Gasteiger partial charge in [-0.2, -0.15) is 0 Å². The minimum absolute atomic E-state index is 0.192. The third kappa shape index (κ3) is 31.0. The van der Waals surface area contributed by atoms with Crippen molar-refractivity contribution in [2.75, 3.05) is 13.2 Å². The van der Waals surface area contributed by atoms with Gasteiger partial charge in [-0.15, -0.1) is 0 Å². The van der Waals surface area contributed by atoms with Crippen LogP contribution in [0.3, 0.4) is 0 Å². The quantitative estimate of drug-likeness (QED) is 0.0263. The van der Waals surface area contributed by atoms with Crippen LogP contribution >= 0.6 is 0 Å². The Morgan fingerprint density at radius 3 is 1.42 bits per heavy atom. The minimum atomic E-state index is -1.57. The molecule has 7 atom stereocenters. The molecule has 0 aliphatic carbocycles. The highest BCUT2D eigenvalue weighted by molar-refractivity contribution is 5.76. The maximum atomic E-state index is 12.9. The number of amides is 1. The van der Waals surface area contributed by atoms with Crippen LogP contribution in [-0.4, -0.2) is 87.5 Å². The third-order valence-electron chi connectivity index (χ3n) is 11.7. The smallest absolute Gasteiger partial charge is 0.220 e. The fraction of sp³-hybridized carbons (Fsp3) is 0.860. The van der Waals surface area contributed by atoms with Crippen molar-refractivity contribution in [2.45, 2.75) is 262 Å².